The maximum atomic E-state index is 11.0. The van der Waals surface area contributed by atoms with Gasteiger partial charge in [-0.15, -0.1) is 0 Å². The van der Waals surface area contributed by atoms with E-state index in [0.29, 0.717) is 11.5 Å². The molecule has 0 aliphatic carbocycles. The summed E-state index contributed by atoms with van der Waals surface area (Å²) in [4.78, 5) is 19.2. The average molecular weight is 272 g/mol. The van der Waals surface area contributed by atoms with Gasteiger partial charge in [0.1, 0.15) is 5.82 Å². The predicted octanol–water partition coefficient (Wildman–Crippen LogP) is 3.18. The van der Waals surface area contributed by atoms with E-state index in [9.17, 15) is 10.1 Å². The molecule has 0 saturated heterocycles. The van der Waals surface area contributed by atoms with Crippen LogP contribution in [-0.2, 0) is 0 Å². The first-order chi connectivity index (χ1) is 9.60. The normalized spacial score (nSPS) is 10.3. The van der Waals surface area contributed by atoms with Crippen molar-refractivity contribution in [3.63, 3.8) is 0 Å². The zero-order valence-corrected chi connectivity index (χ0v) is 11.5. The lowest BCUT2D eigenvalue weighted by molar-refractivity contribution is -0.384. The second kappa shape index (κ2) is 6.10. The number of nitro groups is 1. The summed E-state index contributed by atoms with van der Waals surface area (Å²) in [5.74, 6) is 0.511. The molecule has 6 heteroatoms. The molecule has 2 rings (SSSR count). The molecule has 0 spiro atoms. The van der Waals surface area contributed by atoms with Crippen LogP contribution in [0.25, 0.3) is 11.3 Å². The molecule has 2 aromatic heterocycles. The van der Waals surface area contributed by atoms with Crippen molar-refractivity contribution < 1.29 is 4.92 Å². The molecule has 20 heavy (non-hydrogen) atoms. The third-order valence-corrected chi connectivity index (χ3v) is 2.78. The summed E-state index contributed by atoms with van der Waals surface area (Å²) in [6.45, 7) is 4.63. The Labute approximate surface area is 117 Å². The lowest BCUT2D eigenvalue weighted by atomic mass is 10.1. The Balaban J connectivity index is 2.43. The van der Waals surface area contributed by atoms with Crippen LogP contribution in [-0.4, -0.2) is 21.4 Å². The van der Waals surface area contributed by atoms with Crippen molar-refractivity contribution in [2.45, 2.75) is 20.3 Å². The second-order valence-corrected chi connectivity index (χ2v) is 4.47. The van der Waals surface area contributed by atoms with E-state index in [-0.39, 0.29) is 5.69 Å². The van der Waals surface area contributed by atoms with Crippen LogP contribution in [0.3, 0.4) is 0 Å². The predicted molar refractivity (Wildman–Crippen MR) is 77.6 cm³/mol. The fourth-order valence-corrected chi connectivity index (χ4v) is 1.73. The van der Waals surface area contributed by atoms with Gasteiger partial charge in [0, 0.05) is 30.1 Å². The van der Waals surface area contributed by atoms with E-state index in [4.69, 9.17) is 0 Å². The molecule has 0 aliphatic heterocycles. The Morgan fingerprint density at radius 1 is 1.35 bits per heavy atom. The number of pyridine rings is 2. The summed E-state index contributed by atoms with van der Waals surface area (Å²) >= 11 is 0. The lowest BCUT2D eigenvalue weighted by Crippen LogP contribution is -2.03. The zero-order valence-electron chi connectivity index (χ0n) is 11.5. The van der Waals surface area contributed by atoms with Crippen molar-refractivity contribution in [2.75, 3.05) is 11.9 Å². The molecule has 0 amide bonds. The fraction of sp³-hybridized carbons (Fsp3) is 0.286. The van der Waals surface area contributed by atoms with Crippen molar-refractivity contribution in [3.8, 4) is 11.3 Å². The molecule has 0 saturated carbocycles. The van der Waals surface area contributed by atoms with Gasteiger partial charge >= 0.3 is 0 Å². The van der Waals surface area contributed by atoms with Gasteiger partial charge < -0.3 is 5.32 Å². The van der Waals surface area contributed by atoms with Gasteiger partial charge in [-0.2, -0.15) is 0 Å². The van der Waals surface area contributed by atoms with E-state index >= 15 is 0 Å². The number of aryl methyl sites for hydroxylation is 1. The Morgan fingerprint density at radius 2 is 2.15 bits per heavy atom. The van der Waals surface area contributed by atoms with Crippen molar-refractivity contribution in [1.29, 1.82) is 0 Å². The van der Waals surface area contributed by atoms with Crippen molar-refractivity contribution in [2.24, 2.45) is 0 Å². The Bertz CT molecular complexity index is 611. The zero-order chi connectivity index (χ0) is 14.5. The monoisotopic (exact) mass is 272 g/mol. The largest absolute Gasteiger partial charge is 0.370 e. The van der Waals surface area contributed by atoms with E-state index in [1.54, 1.807) is 6.20 Å². The maximum absolute atomic E-state index is 11.0. The minimum atomic E-state index is -0.413. The van der Waals surface area contributed by atoms with Gasteiger partial charge in [-0.3, -0.25) is 15.1 Å². The Morgan fingerprint density at radius 3 is 2.75 bits per heavy atom. The van der Waals surface area contributed by atoms with Crippen LogP contribution in [0.1, 0.15) is 19.0 Å². The highest BCUT2D eigenvalue weighted by atomic mass is 16.6. The van der Waals surface area contributed by atoms with Crippen LogP contribution in [0.2, 0.25) is 0 Å². The molecule has 0 atom stereocenters. The smallest absolute Gasteiger partial charge is 0.275 e. The van der Waals surface area contributed by atoms with Gasteiger partial charge in [0.2, 0.25) is 0 Å². The summed E-state index contributed by atoms with van der Waals surface area (Å²) in [6.07, 6.45) is 2.59. The third kappa shape index (κ3) is 3.28. The topological polar surface area (TPSA) is 81.0 Å². The molecule has 0 radical (unpaired) electrons. The van der Waals surface area contributed by atoms with Crippen molar-refractivity contribution >= 4 is 11.5 Å². The van der Waals surface area contributed by atoms with Gasteiger partial charge in [0.25, 0.3) is 5.69 Å². The molecule has 6 nitrogen and oxygen atoms in total. The summed E-state index contributed by atoms with van der Waals surface area (Å²) in [5.41, 5.74) is 2.22. The van der Waals surface area contributed by atoms with Gasteiger partial charge in [0.05, 0.1) is 16.7 Å². The minimum Gasteiger partial charge on any atom is -0.370 e. The maximum Gasteiger partial charge on any atom is 0.275 e. The number of hydrogen-bond donors (Lipinski definition) is 1. The quantitative estimate of drug-likeness (QED) is 0.667. The second-order valence-electron chi connectivity index (χ2n) is 4.47. The SMILES string of the molecule is CCCNc1cc([N+](=O)[O-])cc(-c2ccc(C)nc2)n1. The molecule has 0 bridgehead atoms. The van der Waals surface area contributed by atoms with Gasteiger partial charge in [0.15, 0.2) is 0 Å². The van der Waals surface area contributed by atoms with E-state index in [2.05, 4.69) is 15.3 Å². The number of anilines is 1. The summed E-state index contributed by atoms with van der Waals surface area (Å²) in [5, 5.41) is 14.1. The van der Waals surface area contributed by atoms with E-state index in [1.807, 2.05) is 26.0 Å². The molecular weight excluding hydrogens is 256 g/mol. The Kier molecular flexibility index (Phi) is 4.24. The molecule has 0 unspecified atom stereocenters. The first-order valence-corrected chi connectivity index (χ1v) is 6.43. The molecule has 0 aromatic carbocycles. The highest BCUT2D eigenvalue weighted by molar-refractivity contribution is 5.64. The number of hydrogen-bond acceptors (Lipinski definition) is 5. The van der Waals surface area contributed by atoms with Crippen LogP contribution < -0.4 is 5.32 Å². The molecule has 2 heterocycles. The van der Waals surface area contributed by atoms with Gasteiger partial charge in [-0.05, 0) is 25.5 Å². The first kappa shape index (κ1) is 13.9. The van der Waals surface area contributed by atoms with Gasteiger partial charge in [-0.1, -0.05) is 6.92 Å². The molecule has 2 aromatic rings. The lowest BCUT2D eigenvalue weighted by Gasteiger charge is -2.07. The number of rotatable bonds is 5. The average Bonchev–Trinajstić information content (AvgIpc) is 2.45. The molecule has 1 N–H and O–H groups in total. The first-order valence-electron chi connectivity index (χ1n) is 6.43. The van der Waals surface area contributed by atoms with Gasteiger partial charge in [-0.25, -0.2) is 4.98 Å². The summed E-state index contributed by atoms with van der Waals surface area (Å²) < 4.78 is 0. The Hall–Kier alpha value is -2.50. The standard InChI is InChI=1S/C14H16N4O2/c1-3-6-15-14-8-12(18(19)20)7-13(17-14)11-5-4-10(2)16-9-11/h4-5,7-9H,3,6H2,1-2H3,(H,15,17). The third-order valence-electron chi connectivity index (χ3n) is 2.78. The van der Waals surface area contributed by atoms with Crippen LogP contribution in [0, 0.1) is 17.0 Å². The molecule has 0 aliphatic rings. The molecule has 0 fully saturated rings. The van der Waals surface area contributed by atoms with Crippen LogP contribution in [0.5, 0.6) is 0 Å². The highest BCUT2D eigenvalue weighted by Crippen LogP contribution is 2.24. The number of aromatic nitrogens is 2. The van der Waals surface area contributed by atoms with Crippen LogP contribution >= 0.6 is 0 Å². The van der Waals surface area contributed by atoms with Crippen molar-refractivity contribution in [1.82, 2.24) is 9.97 Å². The fourth-order valence-electron chi connectivity index (χ4n) is 1.73. The van der Waals surface area contributed by atoms with Crippen LogP contribution in [0.4, 0.5) is 11.5 Å². The molecule has 104 valence electrons. The van der Waals surface area contributed by atoms with Crippen LogP contribution in [0.15, 0.2) is 30.5 Å². The number of nitrogens with zero attached hydrogens (tertiary/aromatic N) is 3. The highest BCUT2D eigenvalue weighted by Gasteiger charge is 2.12. The van der Waals surface area contributed by atoms with E-state index in [0.717, 1.165) is 24.2 Å². The minimum absolute atomic E-state index is 0.0224. The molecular formula is C14H16N4O2. The van der Waals surface area contributed by atoms with E-state index < -0.39 is 4.92 Å². The van der Waals surface area contributed by atoms with Crippen molar-refractivity contribution in [3.05, 3.63) is 46.3 Å². The van der Waals surface area contributed by atoms with E-state index in [1.165, 1.54) is 12.1 Å². The summed E-state index contributed by atoms with van der Waals surface area (Å²) in [6, 6.07) is 6.62. The number of nitrogens with one attached hydrogen (secondary N) is 1. The summed E-state index contributed by atoms with van der Waals surface area (Å²) in [7, 11) is 0.